The molecule has 0 spiro atoms. The average Bonchev–Trinajstić information content (AvgIpc) is 3.50. The van der Waals surface area contributed by atoms with Gasteiger partial charge in [-0.05, 0) is 43.9 Å². The minimum atomic E-state index is -0.268. The van der Waals surface area contributed by atoms with Crippen LogP contribution in [0.3, 0.4) is 0 Å². The predicted octanol–water partition coefficient (Wildman–Crippen LogP) is 5.15. The summed E-state index contributed by atoms with van der Waals surface area (Å²) in [6.45, 7) is 6.08. The number of nitrogens with one attached hydrogen (secondary N) is 1. The van der Waals surface area contributed by atoms with E-state index < -0.39 is 0 Å². The van der Waals surface area contributed by atoms with Gasteiger partial charge in [-0.2, -0.15) is 5.10 Å². The van der Waals surface area contributed by atoms with Crippen molar-refractivity contribution in [1.82, 2.24) is 5.43 Å². The summed E-state index contributed by atoms with van der Waals surface area (Å²) in [5.74, 6) is -0.148. The fraction of sp³-hybridized carbons (Fsp3) is 0.231. The van der Waals surface area contributed by atoms with Crippen LogP contribution in [0.15, 0.2) is 84.0 Å². The predicted molar refractivity (Wildman–Crippen MR) is 118 cm³/mol. The molecule has 1 aliphatic rings. The van der Waals surface area contributed by atoms with Gasteiger partial charge >= 0.3 is 0 Å². The molecule has 0 radical (unpaired) electrons. The fourth-order valence-electron chi connectivity index (χ4n) is 4.35. The quantitative estimate of drug-likeness (QED) is 0.481. The maximum Gasteiger partial charge on any atom is 0.244 e. The van der Waals surface area contributed by atoms with Gasteiger partial charge in [-0.3, -0.25) is 4.79 Å². The highest BCUT2D eigenvalue weighted by atomic mass is 16.2. The SMILES string of the molecule is CC(=NNC(=O)C1CC1(c1ccccc1)c1ccccc1)c1ccc(C)cc1C. The van der Waals surface area contributed by atoms with E-state index in [9.17, 15) is 4.79 Å². The molecule has 146 valence electrons. The van der Waals surface area contributed by atoms with Gasteiger partial charge in [-0.15, -0.1) is 0 Å². The molecule has 0 aromatic heterocycles. The van der Waals surface area contributed by atoms with Gasteiger partial charge in [0.05, 0.1) is 11.6 Å². The van der Waals surface area contributed by atoms with E-state index in [0.717, 1.165) is 23.3 Å². The van der Waals surface area contributed by atoms with Gasteiger partial charge in [0.1, 0.15) is 0 Å². The maximum atomic E-state index is 13.0. The van der Waals surface area contributed by atoms with E-state index >= 15 is 0 Å². The van der Waals surface area contributed by atoms with E-state index in [1.807, 2.05) is 43.3 Å². The molecule has 1 amide bonds. The topological polar surface area (TPSA) is 41.5 Å². The lowest BCUT2D eigenvalue weighted by Gasteiger charge is -2.18. The summed E-state index contributed by atoms with van der Waals surface area (Å²) in [5, 5.41) is 4.42. The molecule has 1 N–H and O–H groups in total. The molecule has 0 aliphatic heterocycles. The van der Waals surface area contributed by atoms with Crippen LogP contribution in [0.5, 0.6) is 0 Å². The Kier molecular flexibility index (Phi) is 5.06. The van der Waals surface area contributed by atoms with Gasteiger partial charge in [-0.25, -0.2) is 5.43 Å². The first-order chi connectivity index (χ1) is 14.0. The second-order valence-electron chi connectivity index (χ2n) is 7.95. The second-order valence-corrected chi connectivity index (χ2v) is 7.95. The number of amides is 1. The minimum absolute atomic E-state index is 0.0261. The molecule has 3 heteroatoms. The highest BCUT2D eigenvalue weighted by Gasteiger charge is 2.60. The van der Waals surface area contributed by atoms with Crippen molar-refractivity contribution >= 4 is 11.6 Å². The Morgan fingerprint density at radius 3 is 2.07 bits per heavy atom. The molecule has 3 nitrogen and oxygen atoms in total. The molecule has 1 aliphatic carbocycles. The third-order valence-electron chi connectivity index (χ3n) is 5.96. The van der Waals surface area contributed by atoms with Crippen molar-refractivity contribution in [1.29, 1.82) is 0 Å². The molecular formula is C26H26N2O. The van der Waals surface area contributed by atoms with Crippen LogP contribution < -0.4 is 5.43 Å². The minimum Gasteiger partial charge on any atom is -0.273 e. The highest BCUT2D eigenvalue weighted by molar-refractivity contribution is 6.00. The van der Waals surface area contributed by atoms with Crippen molar-refractivity contribution in [3.63, 3.8) is 0 Å². The van der Waals surface area contributed by atoms with Crippen LogP contribution in [0, 0.1) is 19.8 Å². The first kappa shape index (κ1) is 19.1. The number of nitrogens with zero attached hydrogens (tertiary/aromatic N) is 1. The summed E-state index contributed by atoms with van der Waals surface area (Å²) in [6, 6.07) is 26.9. The van der Waals surface area contributed by atoms with Crippen LogP contribution in [0.2, 0.25) is 0 Å². The van der Waals surface area contributed by atoms with Gasteiger partial charge in [0.25, 0.3) is 0 Å². The molecule has 0 saturated heterocycles. The molecule has 3 aromatic rings. The lowest BCUT2D eigenvalue weighted by atomic mass is 9.85. The number of benzene rings is 3. The Balaban J connectivity index is 1.57. The Labute approximate surface area is 172 Å². The standard InChI is InChI=1S/C26H26N2O/c1-18-14-15-23(19(2)16-18)20(3)27-28-25(29)24-17-26(24,21-10-6-4-7-11-21)22-12-8-5-9-13-22/h4-16,24H,17H2,1-3H3,(H,28,29). The van der Waals surface area contributed by atoms with E-state index in [0.29, 0.717) is 0 Å². The Morgan fingerprint density at radius 1 is 0.931 bits per heavy atom. The zero-order valence-electron chi connectivity index (χ0n) is 17.1. The van der Waals surface area contributed by atoms with Crippen molar-refractivity contribution in [2.45, 2.75) is 32.6 Å². The Bertz CT molecular complexity index is 1020. The van der Waals surface area contributed by atoms with E-state index in [1.54, 1.807) is 0 Å². The first-order valence-corrected chi connectivity index (χ1v) is 10.0. The summed E-state index contributed by atoms with van der Waals surface area (Å²) >= 11 is 0. The molecule has 29 heavy (non-hydrogen) atoms. The number of hydrogen-bond donors (Lipinski definition) is 1. The van der Waals surface area contributed by atoms with Crippen LogP contribution in [-0.2, 0) is 10.2 Å². The molecule has 1 saturated carbocycles. The van der Waals surface area contributed by atoms with E-state index in [4.69, 9.17) is 0 Å². The zero-order chi connectivity index (χ0) is 20.4. The fourth-order valence-corrected chi connectivity index (χ4v) is 4.35. The van der Waals surface area contributed by atoms with Crippen LogP contribution >= 0.6 is 0 Å². The third-order valence-corrected chi connectivity index (χ3v) is 5.96. The largest absolute Gasteiger partial charge is 0.273 e. The summed E-state index contributed by atoms with van der Waals surface area (Å²) in [4.78, 5) is 13.0. The molecule has 1 unspecified atom stereocenters. The summed E-state index contributed by atoms with van der Waals surface area (Å²) in [7, 11) is 0. The smallest absolute Gasteiger partial charge is 0.244 e. The molecule has 3 aromatic carbocycles. The van der Waals surface area contributed by atoms with Crippen LogP contribution in [0.25, 0.3) is 0 Å². The first-order valence-electron chi connectivity index (χ1n) is 10.0. The molecule has 1 fully saturated rings. The van der Waals surface area contributed by atoms with Crippen molar-refractivity contribution in [3.8, 4) is 0 Å². The lowest BCUT2D eigenvalue weighted by Crippen LogP contribution is -2.26. The normalized spacial score (nSPS) is 17.6. The Hall–Kier alpha value is -3.20. The van der Waals surface area contributed by atoms with E-state index in [2.05, 4.69) is 66.8 Å². The number of carbonyl (C=O) groups excluding carboxylic acids is 1. The molecular weight excluding hydrogens is 356 g/mol. The summed E-state index contributed by atoms with van der Waals surface area (Å²) < 4.78 is 0. The zero-order valence-corrected chi connectivity index (χ0v) is 17.1. The molecule has 0 heterocycles. The van der Waals surface area contributed by atoms with Crippen LogP contribution in [-0.4, -0.2) is 11.6 Å². The van der Waals surface area contributed by atoms with Gasteiger partial charge in [0.2, 0.25) is 5.91 Å². The van der Waals surface area contributed by atoms with Crippen molar-refractivity contribution < 1.29 is 4.79 Å². The molecule has 0 bridgehead atoms. The average molecular weight is 383 g/mol. The summed E-state index contributed by atoms with van der Waals surface area (Å²) in [5.41, 5.74) is 9.18. The van der Waals surface area contributed by atoms with Gasteiger partial charge in [-0.1, -0.05) is 84.4 Å². The number of hydrogen-bond acceptors (Lipinski definition) is 2. The van der Waals surface area contributed by atoms with E-state index in [-0.39, 0.29) is 17.2 Å². The van der Waals surface area contributed by atoms with Crippen LogP contribution in [0.1, 0.15) is 41.2 Å². The van der Waals surface area contributed by atoms with Gasteiger partial charge in [0, 0.05) is 11.0 Å². The van der Waals surface area contributed by atoms with Gasteiger partial charge < -0.3 is 0 Å². The highest BCUT2D eigenvalue weighted by Crippen LogP contribution is 2.58. The second kappa shape index (κ2) is 7.67. The number of carbonyl (C=O) groups is 1. The van der Waals surface area contributed by atoms with Gasteiger partial charge in [0.15, 0.2) is 0 Å². The Morgan fingerprint density at radius 2 is 1.52 bits per heavy atom. The van der Waals surface area contributed by atoms with Crippen molar-refractivity contribution in [2.75, 3.05) is 0 Å². The number of rotatable bonds is 5. The number of hydrazone groups is 1. The van der Waals surface area contributed by atoms with Crippen molar-refractivity contribution in [3.05, 3.63) is 107 Å². The molecule has 1 atom stereocenters. The van der Waals surface area contributed by atoms with Crippen molar-refractivity contribution in [2.24, 2.45) is 11.0 Å². The maximum absolute atomic E-state index is 13.0. The van der Waals surface area contributed by atoms with E-state index in [1.165, 1.54) is 16.7 Å². The lowest BCUT2D eigenvalue weighted by molar-refractivity contribution is -0.122. The number of aryl methyl sites for hydroxylation is 2. The monoisotopic (exact) mass is 382 g/mol. The third kappa shape index (κ3) is 3.61. The summed E-state index contributed by atoms with van der Waals surface area (Å²) in [6.07, 6.45) is 0.797. The van der Waals surface area contributed by atoms with Crippen LogP contribution in [0.4, 0.5) is 0 Å². The molecule has 4 rings (SSSR count).